The van der Waals surface area contributed by atoms with Crippen LogP contribution in [0.1, 0.15) is 36.8 Å². The summed E-state index contributed by atoms with van der Waals surface area (Å²) in [6, 6.07) is 52.5. The van der Waals surface area contributed by atoms with Gasteiger partial charge in [0.1, 0.15) is 0 Å². The Balaban J connectivity index is 1.29. The van der Waals surface area contributed by atoms with Gasteiger partial charge in [-0.05, 0) is 99.2 Å². The molecule has 0 heterocycles. The van der Waals surface area contributed by atoms with Crippen LogP contribution in [0.3, 0.4) is 0 Å². The highest BCUT2D eigenvalue weighted by Crippen LogP contribution is 2.66. The van der Waals surface area contributed by atoms with Crippen molar-refractivity contribution in [1.29, 1.82) is 0 Å². The summed E-state index contributed by atoms with van der Waals surface area (Å²) < 4.78 is 0. The van der Waals surface area contributed by atoms with E-state index in [-0.39, 0.29) is 5.41 Å². The maximum Gasteiger partial charge on any atom is 0.0546 e. The first kappa shape index (κ1) is 24.6. The lowest BCUT2D eigenvalue weighted by Crippen LogP contribution is -2.32. The molecule has 7 aromatic rings. The van der Waals surface area contributed by atoms with Crippen LogP contribution in [0.4, 0.5) is 17.1 Å². The standard InChI is InChI=1S/C43H33N/c1-4-14-34-29(10-1)12-9-19-41(34)44(42-25-30-11-2-3-13-33(30)35-15-5-6-17-38(35)42)32-22-23-37-36-16-7-8-18-39(36)43(40(37)26-32)27-28-20-21-31(43)24-28/h1-19,22-23,25-26,28,31H,20-21,24,27H2. The summed E-state index contributed by atoms with van der Waals surface area (Å²) in [6.07, 6.45) is 5.42. The van der Waals surface area contributed by atoms with Gasteiger partial charge in [-0.1, -0.05) is 122 Å². The van der Waals surface area contributed by atoms with Crippen molar-refractivity contribution in [3.8, 4) is 11.1 Å². The quantitative estimate of drug-likeness (QED) is 0.193. The van der Waals surface area contributed by atoms with E-state index in [1.807, 2.05) is 0 Å². The van der Waals surface area contributed by atoms with Gasteiger partial charge in [0.25, 0.3) is 0 Å². The van der Waals surface area contributed by atoms with Gasteiger partial charge in [0.05, 0.1) is 11.4 Å². The predicted octanol–water partition coefficient (Wildman–Crippen LogP) is 11.7. The van der Waals surface area contributed by atoms with Crippen molar-refractivity contribution in [3.63, 3.8) is 0 Å². The first-order valence-corrected chi connectivity index (χ1v) is 16.2. The third-order valence-electron chi connectivity index (χ3n) is 11.3. The average molecular weight is 564 g/mol. The van der Waals surface area contributed by atoms with E-state index in [1.54, 1.807) is 11.1 Å². The van der Waals surface area contributed by atoms with Gasteiger partial charge in [0, 0.05) is 21.9 Å². The molecule has 210 valence electrons. The van der Waals surface area contributed by atoms with Crippen molar-refractivity contribution in [1.82, 2.24) is 0 Å². The van der Waals surface area contributed by atoms with Crippen LogP contribution >= 0.6 is 0 Å². The van der Waals surface area contributed by atoms with Gasteiger partial charge in [-0.15, -0.1) is 0 Å². The molecule has 0 aliphatic heterocycles. The topological polar surface area (TPSA) is 3.24 Å². The van der Waals surface area contributed by atoms with E-state index < -0.39 is 0 Å². The summed E-state index contributed by atoms with van der Waals surface area (Å²) in [5, 5.41) is 7.67. The molecule has 3 aliphatic rings. The molecular weight excluding hydrogens is 530 g/mol. The van der Waals surface area contributed by atoms with Gasteiger partial charge in [0.2, 0.25) is 0 Å². The van der Waals surface area contributed by atoms with Gasteiger partial charge >= 0.3 is 0 Å². The summed E-state index contributed by atoms with van der Waals surface area (Å²) in [5.74, 6) is 1.58. The summed E-state index contributed by atoms with van der Waals surface area (Å²) in [4.78, 5) is 2.56. The van der Waals surface area contributed by atoms with Gasteiger partial charge in [-0.2, -0.15) is 0 Å². The first-order chi connectivity index (χ1) is 21.8. The summed E-state index contributed by atoms with van der Waals surface area (Å²) in [7, 11) is 0. The number of hydrogen-bond acceptors (Lipinski definition) is 1. The smallest absolute Gasteiger partial charge is 0.0546 e. The Hall–Kier alpha value is -4.88. The van der Waals surface area contributed by atoms with Crippen LogP contribution < -0.4 is 4.90 Å². The monoisotopic (exact) mass is 563 g/mol. The van der Waals surface area contributed by atoms with Gasteiger partial charge < -0.3 is 4.90 Å². The van der Waals surface area contributed by atoms with Gasteiger partial charge in [-0.3, -0.25) is 0 Å². The minimum absolute atomic E-state index is 0.140. The van der Waals surface area contributed by atoms with E-state index in [0.717, 1.165) is 11.8 Å². The second-order valence-electron chi connectivity index (χ2n) is 13.3. The number of fused-ring (bicyclic) bond motifs is 12. The third-order valence-corrected chi connectivity index (χ3v) is 11.3. The van der Waals surface area contributed by atoms with Crippen LogP contribution in [0.2, 0.25) is 0 Å². The molecule has 0 aromatic heterocycles. The highest BCUT2D eigenvalue weighted by Gasteiger charge is 2.56. The summed E-state index contributed by atoms with van der Waals surface area (Å²) in [6.45, 7) is 0. The number of rotatable bonds is 3. The molecule has 3 atom stereocenters. The highest BCUT2D eigenvalue weighted by atomic mass is 15.1. The molecule has 2 bridgehead atoms. The van der Waals surface area contributed by atoms with Gasteiger partial charge in [-0.25, -0.2) is 0 Å². The SMILES string of the molecule is c1ccc2c(c1)-c1ccc(N(c3cccc4ccccc34)c3cc4ccccc4c4ccccc34)cc1C21CC2CCC1C2. The van der Waals surface area contributed by atoms with Crippen molar-refractivity contribution in [3.05, 3.63) is 151 Å². The molecule has 0 N–H and O–H groups in total. The molecule has 0 saturated heterocycles. The number of nitrogens with zero attached hydrogens (tertiary/aromatic N) is 1. The van der Waals surface area contributed by atoms with E-state index in [1.165, 1.54) is 86.2 Å². The molecular formula is C43H33N. The largest absolute Gasteiger partial charge is 0.309 e. The van der Waals surface area contributed by atoms with Gasteiger partial charge in [0.15, 0.2) is 0 Å². The molecule has 1 heteroatoms. The molecule has 10 rings (SSSR count). The molecule has 0 radical (unpaired) electrons. The molecule has 7 aromatic carbocycles. The fourth-order valence-corrected chi connectivity index (χ4v) is 9.55. The molecule has 3 unspecified atom stereocenters. The Morgan fingerprint density at radius 1 is 0.500 bits per heavy atom. The van der Waals surface area contributed by atoms with E-state index in [4.69, 9.17) is 0 Å². The highest BCUT2D eigenvalue weighted by molar-refractivity contribution is 6.15. The van der Waals surface area contributed by atoms with Crippen LogP contribution in [0.15, 0.2) is 140 Å². The Kier molecular flexibility index (Phi) is 5.06. The Labute approximate surface area is 258 Å². The van der Waals surface area contributed by atoms with E-state index in [9.17, 15) is 0 Å². The molecule has 44 heavy (non-hydrogen) atoms. The Morgan fingerprint density at radius 2 is 1.20 bits per heavy atom. The van der Waals surface area contributed by atoms with Crippen molar-refractivity contribution in [2.75, 3.05) is 4.90 Å². The zero-order chi connectivity index (χ0) is 28.8. The van der Waals surface area contributed by atoms with Crippen LogP contribution in [0.25, 0.3) is 43.4 Å². The maximum absolute atomic E-state index is 2.59. The Bertz CT molecular complexity index is 2270. The lowest BCUT2D eigenvalue weighted by Gasteiger charge is -2.37. The van der Waals surface area contributed by atoms with Crippen molar-refractivity contribution in [2.24, 2.45) is 11.8 Å². The molecule has 2 fully saturated rings. The fraction of sp³-hybridized carbons (Fsp3) is 0.163. The average Bonchev–Trinajstić information content (AvgIpc) is 3.78. The van der Waals surface area contributed by atoms with E-state index in [2.05, 4.69) is 144 Å². The van der Waals surface area contributed by atoms with Crippen LogP contribution in [-0.4, -0.2) is 0 Å². The molecule has 0 amide bonds. The normalized spacial score (nSPS) is 21.4. The third kappa shape index (κ3) is 3.25. The van der Waals surface area contributed by atoms with E-state index >= 15 is 0 Å². The van der Waals surface area contributed by atoms with Crippen LogP contribution in [-0.2, 0) is 5.41 Å². The Morgan fingerprint density at radius 3 is 2.05 bits per heavy atom. The molecule has 3 aliphatic carbocycles. The maximum atomic E-state index is 2.59. The van der Waals surface area contributed by atoms with Crippen LogP contribution in [0, 0.1) is 11.8 Å². The lowest BCUT2D eigenvalue weighted by molar-refractivity contribution is 0.327. The zero-order valence-electron chi connectivity index (χ0n) is 24.7. The van der Waals surface area contributed by atoms with Crippen molar-refractivity contribution < 1.29 is 0 Å². The van der Waals surface area contributed by atoms with Crippen LogP contribution in [0.5, 0.6) is 0 Å². The summed E-state index contributed by atoms with van der Waals surface area (Å²) >= 11 is 0. The summed E-state index contributed by atoms with van der Waals surface area (Å²) in [5.41, 5.74) is 9.86. The predicted molar refractivity (Wildman–Crippen MR) is 185 cm³/mol. The molecule has 1 spiro atoms. The lowest BCUT2D eigenvalue weighted by atomic mass is 9.67. The minimum atomic E-state index is 0.140. The van der Waals surface area contributed by atoms with E-state index in [0.29, 0.717) is 0 Å². The number of hydrogen-bond donors (Lipinski definition) is 0. The minimum Gasteiger partial charge on any atom is -0.309 e. The number of anilines is 3. The molecule has 1 nitrogen and oxygen atoms in total. The first-order valence-electron chi connectivity index (χ1n) is 16.2. The van der Waals surface area contributed by atoms with Crippen molar-refractivity contribution >= 4 is 49.4 Å². The second-order valence-corrected chi connectivity index (χ2v) is 13.3. The molecule has 2 saturated carbocycles. The zero-order valence-corrected chi connectivity index (χ0v) is 24.7. The number of benzene rings is 7. The fourth-order valence-electron chi connectivity index (χ4n) is 9.55. The van der Waals surface area contributed by atoms with Crippen molar-refractivity contribution in [2.45, 2.75) is 31.1 Å². The second kappa shape index (κ2) is 9.07.